The van der Waals surface area contributed by atoms with Gasteiger partial charge in [-0.15, -0.1) is 0 Å². The van der Waals surface area contributed by atoms with E-state index in [1.165, 1.54) is 30.3 Å². The number of sulfone groups is 1. The van der Waals surface area contributed by atoms with Gasteiger partial charge in [0, 0.05) is 12.1 Å². The number of alkyl halides is 2. The maximum atomic E-state index is 13.5. The highest BCUT2D eigenvalue weighted by Gasteiger charge is 2.19. The first kappa shape index (κ1) is 20.8. The normalized spacial score (nSPS) is 11.4. The summed E-state index contributed by atoms with van der Waals surface area (Å²) in [6, 6.07) is 11.4. The Morgan fingerprint density at radius 2 is 1.74 bits per heavy atom. The third kappa shape index (κ3) is 7.30. The van der Waals surface area contributed by atoms with Crippen molar-refractivity contribution >= 4 is 15.7 Å². The quantitative estimate of drug-likeness (QED) is 0.701. The van der Waals surface area contributed by atoms with Gasteiger partial charge in [-0.05, 0) is 30.2 Å². The number of halogens is 3. The van der Waals surface area contributed by atoms with Gasteiger partial charge in [0.1, 0.15) is 17.3 Å². The monoisotopic (exact) mass is 401 g/mol. The van der Waals surface area contributed by atoms with E-state index in [-0.39, 0.29) is 17.9 Å². The van der Waals surface area contributed by atoms with Crippen molar-refractivity contribution in [2.75, 3.05) is 12.3 Å². The van der Waals surface area contributed by atoms with Crippen molar-refractivity contribution in [3.63, 3.8) is 0 Å². The zero-order valence-corrected chi connectivity index (χ0v) is 15.0. The summed E-state index contributed by atoms with van der Waals surface area (Å²) >= 11 is 0. The molecule has 0 heterocycles. The standard InChI is InChI=1S/C18H18F3NO4S/c19-16-4-2-1-3-14(16)11-27(24,25)12-17(23)22-10-9-13-5-7-15(8-6-13)26-18(20)21/h1-8,18H,9-12H2,(H,22,23). The lowest BCUT2D eigenvalue weighted by atomic mass is 10.1. The summed E-state index contributed by atoms with van der Waals surface area (Å²) in [4.78, 5) is 11.8. The number of benzene rings is 2. The SMILES string of the molecule is O=C(CS(=O)(=O)Cc1ccccc1F)NCCc1ccc(OC(F)F)cc1. The molecule has 0 unspecified atom stereocenters. The summed E-state index contributed by atoms with van der Waals surface area (Å²) in [5.41, 5.74) is 0.766. The Hall–Kier alpha value is -2.55. The number of hydrogen-bond acceptors (Lipinski definition) is 4. The smallest absolute Gasteiger partial charge is 0.387 e. The zero-order valence-electron chi connectivity index (χ0n) is 14.2. The van der Waals surface area contributed by atoms with Crippen molar-refractivity contribution < 1.29 is 31.1 Å². The Kier molecular flexibility index (Phi) is 7.23. The van der Waals surface area contributed by atoms with Gasteiger partial charge >= 0.3 is 6.61 Å². The van der Waals surface area contributed by atoms with E-state index in [0.717, 1.165) is 11.6 Å². The molecule has 2 aromatic rings. The molecule has 0 aliphatic rings. The lowest BCUT2D eigenvalue weighted by molar-refractivity contribution is -0.118. The summed E-state index contributed by atoms with van der Waals surface area (Å²) in [7, 11) is -3.81. The molecular formula is C18H18F3NO4S. The van der Waals surface area contributed by atoms with E-state index in [0.29, 0.717) is 6.42 Å². The van der Waals surface area contributed by atoms with Gasteiger partial charge in [-0.2, -0.15) is 8.78 Å². The maximum Gasteiger partial charge on any atom is 0.387 e. The first-order valence-corrected chi connectivity index (χ1v) is 9.81. The van der Waals surface area contributed by atoms with Crippen LogP contribution in [0.3, 0.4) is 0 Å². The largest absolute Gasteiger partial charge is 0.435 e. The van der Waals surface area contributed by atoms with Crippen LogP contribution >= 0.6 is 0 Å². The van der Waals surface area contributed by atoms with Crippen LogP contribution in [0, 0.1) is 5.82 Å². The number of rotatable bonds is 9. The molecule has 1 amide bonds. The van der Waals surface area contributed by atoms with Gasteiger partial charge < -0.3 is 10.1 Å². The van der Waals surface area contributed by atoms with E-state index in [1.807, 2.05) is 0 Å². The summed E-state index contributed by atoms with van der Waals surface area (Å²) in [6.45, 7) is -2.73. The molecule has 27 heavy (non-hydrogen) atoms. The van der Waals surface area contributed by atoms with Gasteiger partial charge in [-0.25, -0.2) is 12.8 Å². The van der Waals surface area contributed by atoms with Crippen LogP contribution in [0.15, 0.2) is 48.5 Å². The van der Waals surface area contributed by atoms with Crippen LogP contribution in [0.1, 0.15) is 11.1 Å². The molecule has 0 radical (unpaired) electrons. The van der Waals surface area contributed by atoms with Gasteiger partial charge in [0.05, 0.1) is 5.75 Å². The molecule has 0 atom stereocenters. The first-order valence-electron chi connectivity index (χ1n) is 7.99. The van der Waals surface area contributed by atoms with Crippen LogP contribution in [0.5, 0.6) is 5.75 Å². The fourth-order valence-electron chi connectivity index (χ4n) is 2.34. The van der Waals surface area contributed by atoms with E-state index >= 15 is 0 Å². The fourth-order valence-corrected chi connectivity index (χ4v) is 3.65. The average molecular weight is 401 g/mol. The van der Waals surface area contributed by atoms with Crippen molar-refractivity contribution in [3.8, 4) is 5.75 Å². The number of carbonyl (C=O) groups excluding carboxylic acids is 1. The highest BCUT2D eigenvalue weighted by atomic mass is 32.2. The molecule has 0 fully saturated rings. The maximum absolute atomic E-state index is 13.5. The van der Waals surface area contributed by atoms with Gasteiger partial charge in [-0.3, -0.25) is 4.79 Å². The van der Waals surface area contributed by atoms with Crippen LogP contribution in [0.4, 0.5) is 13.2 Å². The Morgan fingerprint density at radius 3 is 2.37 bits per heavy atom. The Labute approximate surface area is 155 Å². The van der Waals surface area contributed by atoms with E-state index in [2.05, 4.69) is 10.1 Å². The predicted molar refractivity (Wildman–Crippen MR) is 93.7 cm³/mol. The van der Waals surface area contributed by atoms with Crippen LogP contribution in [-0.4, -0.2) is 33.2 Å². The van der Waals surface area contributed by atoms with Gasteiger partial charge in [0.15, 0.2) is 9.84 Å². The molecule has 0 aromatic heterocycles. The third-order valence-corrected chi connectivity index (χ3v) is 5.02. The second kappa shape index (κ2) is 9.40. The topological polar surface area (TPSA) is 72.5 Å². The minimum absolute atomic E-state index is 0.0106. The van der Waals surface area contributed by atoms with E-state index < -0.39 is 39.7 Å². The summed E-state index contributed by atoms with van der Waals surface area (Å²) in [5, 5.41) is 2.47. The van der Waals surface area contributed by atoms with E-state index in [4.69, 9.17) is 0 Å². The van der Waals surface area contributed by atoms with Crippen LogP contribution in [0.2, 0.25) is 0 Å². The van der Waals surface area contributed by atoms with Crippen molar-refractivity contribution in [2.24, 2.45) is 0 Å². The number of carbonyl (C=O) groups is 1. The molecule has 5 nitrogen and oxygen atoms in total. The Bertz CT molecular complexity index is 870. The molecule has 1 N–H and O–H groups in total. The van der Waals surface area contributed by atoms with Gasteiger partial charge in [0.2, 0.25) is 5.91 Å². The van der Waals surface area contributed by atoms with Crippen LogP contribution in [0.25, 0.3) is 0 Å². The van der Waals surface area contributed by atoms with Crippen molar-refractivity contribution in [3.05, 3.63) is 65.5 Å². The molecule has 2 aromatic carbocycles. The molecule has 0 saturated heterocycles. The molecule has 146 valence electrons. The number of hydrogen-bond donors (Lipinski definition) is 1. The second-order valence-corrected chi connectivity index (χ2v) is 7.81. The minimum atomic E-state index is -3.81. The number of nitrogens with one attached hydrogen (secondary N) is 1. The fraction of sp³-hybridized carbons (Fsp3) is 0.278. The highest BCUT2D eigenvalue weighted by molar-refractivity contribution is 7.91. The van der Waals surface area contributed by atoms with E-state index in [9.17, 15) is 26.4 Å². The van der Waals surface area contributed by atoms with Crippen molar-refractivity contribution in [1.82, 2.24) is 5.32 Å². The highest BCUT2D eigenvalue weighted by Crippen LogP contribution is 2.15. The first-order chi connectivity index (χ1) is 12.7. The molecule has 0 saturated carbocycles. The molecule has 0 spiro atoms. The summed E-state index contributed by atoms with van der Waals surface area (Å²) in [6.07, 6.45) is 0.383. The third-order valence-electron chi connectivity index (χ3n) is 3.57. The molecule has 0 aliphatic carbocycles. The molecule has 0 bridgehead atoms. The minimum Gasteiger partial charge on any atom is -0.435 e. The summed E-state index contributed by atoms with van der Waals surface area (Å²) in [5.74, 6) is -2.61. The Balaban J connectivity index is 1.79. The van der Waals surface area contributed by atoms with Gasteiger partial charge in [0.25, 0.3) is 0 Å². The average Bonchev–Trinajstić information content (AvgIpc) is 2.57. The molecule has 9 heteroatoms. The van der Waals surface area contributed by atoms with Crippen LogP contribution in [-0.2, 0) is 26.8 Å². The molecule has 2 rings (SSSR count). The number of amides is 1. The van der Waals surface area contributed by atoms with Crippen molar-refractivity contribution in [2.45, 2.75) is 18.8 Å². The van der Waals surface area contributed by atoms with Crippen LogP contribution < -0.4 is 10.1 Å². The Morgan fingerprint density at radius 1 is 1.07 bits per heavy atom. The predicted octanol–water partition coefficient (Wildman–Crippen LogP) is 2.70. The lowest BCUT2D eigenvalue weighted by Crippen LogP contribution is -2.32. The second-order valence-electron chi connectivity index (χ2n) is 5.75. The van der Waals surface area contributed by atoms with Crippen molar-refractivity contribution in [1.29, 1.82) is 0 Å². The van der Waals surface area contributed by atoms with E-state index in [1.54, 1.807) is 12.1 Å². The molecule has 0 aliphatic heterocycles. The lowest BCUT2D eigenvalue weighted by Gasteiger charge is -2.08. The number of ether oxygens (including phenoxy) is 1. The zero-order chi connectivity index (χ0) is 19.9. The molecular weight excluding hydrogens is 383 g/mol. The van der Waals surface area contributed by atoms with Gasteiger partial charge in [-0.1, -0.05) is 30.3 Å². The summed E-state index contributed by atoms with van der Waals surface area (Å²) < 4.78 is 65.9.